The number of benzene rings is 1. The molecule has 1 aromatic carbocycles. The van der Waals surface area contributed by atoms with Gasteiger partial charge >= 0.3 is 5.97 Å². The van der Waals surface area contributed by atoms with Gasteiger partial charge in [0.1, 0.15) is 18.6 Å². The number of likely N-dealkylation sites (tertiary alicyclic amines) is 2. The summed E-state index contributed by atoms with van der Waals surface area (Å²) in [6.07, 6.45) is 5.74. The number of likely N-dealkylation sites (N-methyl/N-ethyl adjacent to an activating group) is 1. The third-order valence-electron chi connectivity index (χ3n) is 10.1. The lowest BCUT2D eigenvalue weighted by Gasteiger charge is -2.41. The van der Waals surface area contributed by atoms with E-state index >= 15 is 0 Å². The summed E-state index contributed by atoms with van der Waals surface area (Å²) in [4.78, 5) is 75.5. The Labute approximate surface area is 306 Å². The summed E-state index contributed by atoms with van der Waals surface area (Å²) < 4.78 is 5.17. The maximum absolute atomic E-state index is 14.3. The van der Waals surface area contributed by atoms with Gasteiger partial charge in [0.15, 0.2) is 0 Å². The topological polar surface area (TPSA) is 120 Å². The van der Waals surface area contributed by atoms with Crippen LogP contribution in [0.3, 0.4) is 0 Å². The van der Waals surface area contributed by atoms with Crippen molar-refractivity contribution in [1.82, 2.24) is 24.9 Å². The maximum Gasteiger partial charge on any atom is 0.325 e. The molecule has 2 aliphatic heterocycles. The minimum absolute atomic E-state index is 0.0465. The molecule has 0 saturated carbocycles. The van der Waals surface area contributed by atoms with Crippen molar-refractivity contribution in [3.8, 4) is 0 Å². The molecule has 2 fully saturated rings. The minimum atomic E-state index is -0.771. The van der Waals surface area contributed by atoms with Crippen LogP contribution < -0.4 is 5.32 Å². The predicted molar refractivity (Wildman–Crippen MR) is 199 cm³/mol. The minimum Gasteiger partial charge on any atom is -0.465 e. The van der Waals surface area contributed by atoms with Crippen molar-refractivity contribution in [2.75, 3.05) is 33.3 Å². The number of hydrogen-bond donors (Lipinski definition) is 1. The fourth-order valence-corrected chi connectivity index (χ4v) is 7.25. The van der Waals surface area contributed by atoms with Crippen molar-refractivity contribution >= 4 is 29.6 Å². The third kappa shape index (κ3) is 11.1. The molecule has 11 nitrogen and oxygen atoms in total. The second kappa shape index (κ2) is 18.7. The SMILES string of the molecule is CCOC(=O)CN(Cc1ccccc1)C(=O)[C@@H]1CCCN1C(=O)/C(C)=C/C(C(C)C)N(C)C(=O)[C@@H](NC(=O)[C@H]1CCCCN1C(C)C)C(C)(C)C. The van der Waals surface area contributed by atoms with Crippen molar-refractivity contribution in [2.45, 2.75) is 131 Å². The zero-order valence-electron chi connectivity index (χ0n) is 32.7. The van der Waals surface area contributed by atoms with Crippen molar-refractivity contribution in [3.05, 3.63) is 47.5 Å². The molecule has 284 valence electrons. The molecule has 1 unspecified atom stereocenters. The molecule has 0 aliphatic carbocycles. The molecule has 0 spiro atoms. The monoisotopic (exact) mass is 709 g/mol. The van der Waals surface area contributed by atoms with Crippen LogP contribution in [0.2, 0.25) is 0 Å². The Morgan fingerprint density at radius 1 is 0.961 bits per heavy atom. The Balaban J connectivity index is 1.82. The van der Waals surface area contributed by atoms with Gasteiger partial charge < -0.3 is 24.8 Å². The van der Waals surface area contributed by atoms with E-state index in [9.17, 15) is 24.0 Å². The molecular weight excluding hydrogens is 646 g/mol. The standard InChI is InChI=1S/C40H63N5O6/c1-11-51-34(46)26-43(25-30-18-13-12-14-19-30)38(49)32-21-17-23-45(32)37(48)29(6)24-33(27(2)3)42(10)39(50)35(40(7,8)9)41-36(47)31-20-15-16-22-44(31)28(4)5/h12-14,18-19,24,27-28,31-33,35H,11,15-17,20-23,25-26H2,1-10H3,(H,41,47)/b29-24+/t31-,32+,33?,35-/m1/s1. The Morgan fingerprint density at radius 2 is 1.61 bits per heavy atom. The number of carbonyl (C=O) groups is 5. The first kappa shape index (κ1) is 41.7. The molecule has 51 heavy (non-hydrogen) atoms. The van der Waals surface area contributed by atoms with Crippen molar-refractivity contribution in [3.63, 3.8) is 0 Å². The molecule has 2 aliphatic rings. The van der Waals surface area contributed by atoms with Gasteiger partial charge in [-0.2, -0.15) is 0 Å². The van der Waals surface area contributed by atoms with Crippen LogP contribution in [0.25, 0.3) is 0 Å². The van der Waals surface area contributed by atoms with E-state index in [-0.39, 0.29) is 61.3 Å². The highest BCUT2D eigenvalue weighted by Crippen LogP contribution is 2.27. The first-order valence-electron chi connectivity index (χ1n) is 18.8. The Morgan fingerprint density at radius 3 is 2.20 bits per heavy atom. The van der Waals surface area contributed by atoms with Gasteiger partial charge in [0, 0.05) is 31.8 Å². The number of amides is 4. The Hall–Kier alpha value is -3.73. The largest absolute Gasteiger partial charge is 0.465 e. The molecule has 0 radical (unpaired) electrons. The number of esters is 1. The number of piperidine rings is 1. The quantitative estimate of drug-likeness (QED) is 0.218. The summed E-state index contributed by atoms with van der Waals surface area (Å²) >= 11 is 0. The van der Waals surface area contributed by atoms with Crippen LogP contribution in [-0.2, 0) is 35.3 Å². The van der Waals surface area contributed by atoms with Crippen LogP contribution in [0.1, 0.15) is 100.0 Å². The number of nitrogens with zero attached hydrogens (tertiary/aromatic N) is 4. The van der Waals surface area contributed by atoms with E-state index < -0.39 is 29.5 Å². The number of ether oxygens (including phenoxy) is 1. The molecule has 3 rings (SSSR count). The number of rotatable bonds is 14. The molecule has 11 heteroatoms. The predicted octanol–water partition coefficient (Wildman–Crippen LogP) is 4.79. The van der Waals surface area contributed by atoms with E-state index in [0.29, 0.717) is 25.0 Å². The summed E-state index contributed by atoms with van der Waals surface area (Å²) in [5.41, 5.74) is 0.738. The zero-order chi connectivity index (χ0) is 38.0. The Bertz CT molecular complexity index is 1390. The van der Waals surface area contributed by atoms with Crippen LogP contribution in [0.15, 0.2) is 42.0 Å². The highest BCUT2D eigenvalue weighted by molar-refractivity contribution is 5.98. The van der Waals surface area contributed by atoms with E-state index in [0.717, 1.165) is 31.4 Å². The molecule has 4 amide bonds. The smallest absolute Gasteiger partial charge is 0.325 e. The number of carbonyl (C=O) groups excluding carboxylic acids is 5. The van der Waals surface area contributed by atoms with E-state index in [1.807, 2.05) is 71.0 Å². The van der Waals surface area contributed by atoms with Gasteiger partial charge in [0.05, 0.1) is 18.7 Å². The third-order valence-corrected chi connectivity index (χ3v) is 10.1. The van der Waals surface area contributed by atoms with Gasteiger partial charge in [-0.25, -0.2) is 0 Å². The highest BCUT2D eigenvalue weighted by Gasteiger charge is 2.41. The molecule has 0 bridgehead atoms. The van der Waals surface area contributed by atoms with Crippen molar-refractivity contribution in [1.29, 1.82) is 0 Å². The van der Waals surface area contributed by atoms with E-state index in [4.69, 9.17) is 4.74 Å². The lowest BCUT2D eigenvalue weighted by atomic mass is 9.84. The molecule has 1 aromatic rings. The first-order valence-corrected chi connectivity index (χ1v) is 18.8. The van der Waals surface area contributed by atoms with E-state index in [1.165, 1.54) is 4.90 Å². The van der Waals surface area contributed by atoms with Crippen LogP contribution in [0.4, 0.5) is 0 Å². The van der Waals surface area contributed by atoms with Gasteiger partial charge in [0.25, 0.3) is 0 Å². The summed E-state index contributed by atoms with van der Waals surface area (Å²) in [5, 5.41) is 3.13. The molecule has 4 atom stereocenters. The maximum atomic E-state index is 14.3. The second-order valence-electron chi connectivity index (χ2n) is 15.8. The molecule has 2 saturated heterocycles. The van der Waals surface area contributed by atoms with E-state index in [2.05, 4.69) is 24.1 Å². The second-order valence-corrected chi connectivity index (χ2v) is 15.8. The summed E-state index contributed by atoms with van der Waals surface area (Å²) in [7, 11) is 1.73. The summed E-state index contributed by atoms with van der Waals surface area (Å²) in [6.45, 7) is 19.0. The van der Waals surface area contributed by atoms with Gasteiger partial charge in [-0.05, 0) is 76.8 Å². The lowest BCUT2D eigenvalue weighted by molar-refractivity contribution is -0.151. The number of hydrogen-bond acceptors (Lipinski definition) is 7. The fraction of sp³-hybridized carbons (Fsp3) is 0.675. The molecule has 0 aromatic heterocycles. The van der Waals surface area contributed by atoms with Gasteiger partial charge in [0.2, 0.25) is 23.6 Å². The summed E-state index contributed by atoms with van der Waals surface area (Å²) in [6, 6.07) is 7.44. The first-order chi connectivity index (χ1) is 24.0. The van der Waals surface area contributed by atoms with Gasteiger partial charge in [-0.15, -0.1) is 0 Å². The lowest BCUT2D eigenvalue weighted by Crippen LogP contribution is -2.60. The van der Waals surface area contributed by atoms with Gasteiger partial charge in [-0.1, -0.05) is 77.4 Å². The normalized spacial score (nSPS) is 19.8. The fourth-order valence-electron chi connectivity index (χ4n) is 7.25. The van der Waals surface area contributed by atoms with Gasteiger partial charge in [-0.3, -0.25) is 28.9 Å². The molecule has 2 heterocycles. The van der Waals surface area contributed by atoms with Crippen LogP contribution in [-0.4, -0.2) is 113 Å². The highest BCUT2D eigenvalue weighted by atomic mass is 16.5. The van der Waals surface area contributed by atoms with Crippen LogP contribution in [0.5, 0.6) is 0 Å². The van der Waals surface area contributed by atoms with Crippen LogP contribution >= 0.6 is 0 Å². The van der Waals surface area contributed by atoms with Crippen molar-refractivity contribution < 1.29 is 28.7 Å². The average Bonchev–Trinajstić information content (AvgIpc) is 3.57. The average molecular weight is 710 g/mol. The number of nitrogens with one attached hydrogen (secondary N) is 1. The van der Waals surface area contributed by atoms with Crippen LogP contribution in [0, 0.1) is 11.3 Å². The Kier molecular flexibility index (Phi) is 15.3. The van der Waals surface area contributed by atoms with E-state index in [1.54, 1.807) is 30.7 Å². The summed E-state index contributed by atoms with van der Waals surface area (Å²) in [5.74, 6) is -1.46. The molecule has 1 N–H and O–H groups in total. The molecular formula is C40H63N5O6. The zero-order valence-corrected chi connectivity index (χ0v) is 32.7. The van der Waals surface area contributed by atoms with Crippen molar-refractivity contribution in [2.24, 2.45) is 11.3 Å².